The van der Waals surface area contributed by atoms with Crippen LogP contribution in [-0.2, 0) is 11.3 Å². The second kappa shape index (κ2) is 16.4. The quantitative estimate of drug-likeness (QED) is 0.0348. The number of anilines is 1. The second-order valence-corrected chi connectivity index (χ2v) is 12.6. The molecule has 2 amide bonds. The van der Waals surface area contributed by atoms with Gasteiger partial charge in [-0.3, -0.25) is 5.21 Å². The Kier molecular flexibility index (Phi) is 12.1. The van der Waals surface area contributed by atoms with Gasteiger partial charge in [-0.1, -0.05) is 42.1 Å². The molecule has 0 saturated carbocycles. The first-order valence-electron chi connectivity index (χ1n) is 15.6. The van der Waals surface area contributed by atoms with E-state index in [1.165, 1.54) is 35.4 Å². The van der Waals surface area contributed by atoms with Crippen LogP contribution in [0.15, 0.2) is 65.6 Å². The molecule has 272 valence electrons. The molecule has 3 atom stereocenters. The predicted octanol–water partition coefficient (Wildman–Crippen LogP) is 8.81. The first kappa shape index (κ1) is 37.4. The highest BCUT2D eigenvalue weighted by Crippen LogP contribution is 2.49. The molecule has 0 aliphatic carbocycles. The Balaban J connectivity index is 1.46. The van der Waals surface area contributed by atoms with E-state index in [4.69, 9.17) is 28.4 Å². The van der Waals surface area contributed by atoms with Crippen LogP contribution in [0.3, 0.4) is 0 Å². The average Bonchev–Trinajstić information content (AvgIpc) is 3.63. The minimum atomic E-state index is -1.58. The number of nitrogens with zero attached hydrogens (tertiary/aromatic N) is 1. The Bertz CT molecular complexity index is 1820. The van der Waals surface area contributed by atoms with E-state index >= 15 is 0 Å². The normalized spacial score (nSPS) is 16.0. The predicted molar refractivity (Wildman–Crippen MR) is 180 cm³/mol. The largest absolute Gasteiger partial charge is 0.493 e. The van der Waals surface area contributed by atoms with Crippen LogP contribution in [0.4, 0.5) is 28.0 Å². The summed E-state index contributed by atoms with van der Waals surface area (Å²) in [6, 6.07) is 14.7. The van der Waals surface area contributed by atoms with Gasteiger partial charge in [0.2, 0.25) is 5.75 Å². The van der Waals surface area contributed by atoms with Gasteiger partial charge in [-0.2, -0.15) is 0 Å². The van der Waals surface area contributed by atoms with Gasteiger partial charge in [0.1, 0.15) is 5.44 Å². The number of nitrogens with one attached hydrogen (secondary N) is 1. The molecule has 0 aromatic heterocycles. The van der Waals surface area contributed by atoms with Crippen molar-refractivity contribution in [3.63, 3.8) is 0 Å². The topological polar surface area (TPSA) is 108 Å². The van der Waals surface area contributed by atoms with E-state index in [0.29, 0.717) is 58.0 Å². The number of carbonyl (C=O) groups is 1. The summed E-state index contributed by atoms with van der Waals surface area (Å²) >= 11 is 0.376. The van der Waals surface area contributed by atoms with Gasteiger partial charge < -0.3 is 33.7 Å². The number of hydroxylamine groups is 2. The van der Waals surface area contributed by atoms with Gasteiger partial charge in [0.25, 0.3) is 0 Å². The molecule has 1 saturated heterocycles. The van der Waals surface area contributed by atoms with Crippen molar-refractivity contribution in [2.45, 2.75) is 48.8 Å². The Hall–Kier alpha value is -4.86. The van der Waals surface area contributed by atoms with Crippen molar-refractivity contribution in [3.05, 3.63) is 101 Å². The molecule has 15 heteroatoms. The summed E-state index contributed by atoms with van der Waals surface area (Å²) in [6.07, 6.45) is 0.263. The fraction of sp³-hybridized carbons (Fsp3) is 0.306. The number of halogens is 4. The first-order valence-corrected chi connectivity index (χ1v) is 16.5. The highest BCUT2D eigenvalue weighted by atomic mass is 32.2. The van der Waals surface area contributed by atoms with Crippen LogP contribution < -0.4 is 29.0 Å². The molecule has 3 unspecified atom stereocenters. The van der Waals surface area contributed by atoms with Gasteiger partial charge in [0, 0.05) is 6.07 Å². The molecule has 1 aliphatic heterocycles. The van der Waals surface area contributed by atoms with Gasteiger partial charge in [-0.25, -0.2) is 27.4 Å². The molecule has 4 aromatic rings. The van der Waals surface area contributed by atoms with Crippen LogP contribution in [0.2, 0.25) is 0 Å². The number of thioether (sulfide) groups is 1. The Morgan fingerprint density at radius 1 is 0.843 bits per heavy atom. The van der Waals surface area contributed by atoms with Crippen molar-refractivity contribution >= 4 is 23.5 Å². The van der Waals surface area contributed by atoms with Crippen molar-refractivity contribution in [3.8, 4) is 28.7 Å². The molecule has 51 heavy (non-hydrogen) atoms. The number of rotatable bonds is 13. The average molecular weight is 733 g/mol. The van der Waals surface area contributed by atoms with Crippen LogP contribution in [0.5, 0.6) is 28.7 Å². The number of benzene rings is 4. The van der Waals surface area contributed by atoms with Crippen LogP contribution in [0.1, 0.15) is 48.7 Å². The molecule has 1 heterocycles. The molecule has 0 radical (unpaired) electrons. The Morgan fingerprint density at radius 2 is 1.37 bits per heavy atom. The summed E-state index contributed by atoms with van der Waals surface area (Å²) in [5, 5.41) is 13.7. The van der Waals surface area contributed by atoms with E-state index in [1.807, 2.05) is 0 Å². The third-order valence-corrected chi connectivity index (χ3v) is 9.06. The van der Waals surface area contributed by atoms with E-state index < -0.39 is 45.7 Å². The van der Waals surface area contributed by atoms with E-state index in [9.17, 15) is 27.6 Å². The van der Waals surface area contributed by atoms with Gasteiger partial charge in [-0.05, 0) is 60.7 Å². The zero-order valence-corrected chi connectivity index (χ0v) is 29.1. The maximum Gasteiger partial charge on any atom is 0.345 e. The molecular formula is C36H36F4N2O8S. The molecule has 10 nitrogen and oxygen atoms in total. The van der Waals surface area contributed by atoms with Crippen molar-refractivity contribution in [1.29, 1.82) is 0 Å². The summed E-state index contributed by atoms with van der Waals surface area (Å²) in [4.78, 5) is 12.3. The number of hydrogen-bond acceptors (Lipinski definition) is 9. The van der Waals surface area contributed by atoms with Gasteiger partial charge in [0.15, 0.2) is 46.3 Å². The zero-order chi connectivity index (χ0) is 36.8. The number of hydrogen-bond donors (Lipinski definition) is 2. The molecule has 5 rings (SSSR count). The summed E-state index contributed by atoms with van der Waals surface area (Å²) in [7, 11) is 5.88. The lowest BCUT2D eigenvalue weighted by atomic mass is 10.0. The molecule has 1 aliphatic rings. The number of methoxy groups -OCH3 is 4. The van der Waals surface area contributed by atoms with Crippen molar-refractivity contribution in [1.82, 2.24) is 5.06 Å². The third kappa shape index (κ3) is 8.38. The fourth-order valence-corrected chi connectivity index (χ4v) is 6.49. The molecule has 0 bridgehead atoms. The summed E-state index contributed by atoms with van der Waals surface area (Å²) < 4.78 is 91.4. The summed E-state index contributed by atoms with van der Waals surface area (Å²) in [5.74, 6) is -4.93. The van der Waals surface area contributed by atoms with E-state index in [0.717, 1.165) is 5.56 Å². The second-order valence-electron chi connectivity index (χ2n) is 11.3. The smallest absolute Gasteiger partial charge is 0.345 e. The van der Waals surface area contributed by atoms with Crippen LogP contribution in [0.25, 0.3) is 0 Å². The number of ether oxygens (including phenoxy) is 6. The van der Waals surface area contributed by atoms with Crippen LogP contribution in [0, 0.1) is 23.3 Å². The van der Waals surface area contributed by atoms with Crippen LogP contribution >= 0.6 is 11.8 Å². The fourth-order valence-electron chi connectivity index (χ4n) is 5.61. The SMILES string of the molecule is COc1cc(C2CCC(c3cc(OC)c(OC)c(OC)c3)O2)cc(NC(=O)N(O)Cc2ccccc2)c1OC(C)Sc1c(F)c(F)cc(F)c1F. The summed E-state index contributed by atoms with van der Waals surface area (Å²) in [6.45, 7) is 1.24. The Morgan fingerprint density at radius 3 is 1.90 bits per heavy atom. The van der Waals surface area contributed by atoms with E-state index in [-0.39, 0.29) is 35.9 Å². The van der Waals surface area contributed by atoms with E-state index in [2.05, 4.69) is 5.32 Å². The zero-order valence-electron chi connectivity index (χ0n) is 28.3. The molecule has 2 N–H and O–H groups in total. The van der Waals surface area contributed by atoms with Crippen molar-refractivity contribution in [2.75, 3.05) is 33.8 Å². The maximum absolute atomic E-state index is 14.5. The lowest BCUT2D eigenvalue weighted by molar-refractivity contribution is -0.0449. The molecular weight excluding hydrogens is 696 g/mol. The summed E-state index contributed by atoms with van der Waals surface area (Å²) in [5.41, 5.74) is 0.837. The monoisotopic (exact) mass is 732 g/mol. The van der Waals surface area contributed by atoms with Gasteiger partial charge >= 0.3 is 6.03 Å². The minimum absolute atomic E-state index is 0.0140. The van der Waals surface area contributed by atoms with Crippen molar-refractivity contribution < 1.29 is 56.0 Å². The van der Waals surface area contributed by atoms with Gasteiger partial charge in [-0.15, -0.1) is 0 Å². The lowest BCUT2D eigenvalue weighted by Crippen LogP contribution is -2.31. The molecule has 4 aromatic carbocycles. The van der Waals surface area contributed by atoms with Crippen LogP contribution in [-0.4, -0.2) is 50.2 Å². The van der Waals surface area contributed by atoms with E-state index in [1.54, 1.807) is 54.6 Å². The van der Waals surface area contributed by atoms with Gasteiger partial charge in [0.05, 0.1) is 57.8 Å². The standard InChI is InChI=1S/C36H36F4N2O8S/c1-19(51-35-31(39)23(37)17-24(38)32(35)40)49-33-25(41-36(43)42(44)18-20-9-7-6-8-10-20)13-21(14-28(33)45-2)26-11-12-27(50-26)22-15-29(46-3)34(48-5)30(16-22)47-4/h6-10,13-17,19,26-27,44H,11-12,18H2,1-5H3,(H,41,43). The molecule has 1 fully saturated rings. The van der Waals surface area contributed by atoms with Crippen molar-refractivity contribution in [2.24, 2.45) is 0 Å². The third-order valence-electron chi connectivity index (χ3n) is 8.04. The minimum Gasteiger partial charge on any atom is -0.493 e. The number of carbonyl (C=O) groups excluding carboxylic acids is 1. The highest BCUT2D eigenvalue weighted by Gasteiger charge is 2.32. The number of amides is 2. The highest BCUT2D eigenvalue weighted by molar-refractivity contribution is 7.99. The first-order chi connectivity index (χ1) is 24.5. The number of urea groups is 1. The maximum atomic E-state index is 14.5. The molecule has 0 spiro atoms. The Labute approximate surface area is 296 Å². The lowest BCUT2D eigenvalue weighted by Gasteiger charge is -2.24.